The van der Waals surface area contributed by atoms with Crippen LogP contribution in [0.1, 0.15) is 31.4 Å². The van der Waals surface area contributed by atoms with Crippen LogP contribution in [0, 0.1) is 11.7 Å². The second-order valence-corrected chi connectivity index (χ2v) is 4.51. The third-order valence-electron chi connectivity index (χ3n) is 2.81. The van der Waals surface area contributed by atoms with Crippen LogP contribution in [0.15, 0.2) is 18.2 Å². The number of primary amides is 1. The molecule has 0 aliphatic heterocycles. The van der Waals surface area contributed by atoms with E-state index in [0.29, 0.717) is 17.7 Å². The van der Waals surface area contributed by atoms with Crippen molar-refractivity contribution in [2.45, 2.75) is 25.8 Å². The van der Waals surface area contributed by atoms with Gasteiger partial charge in [-0.25, -0.2) is 4.39 Å². The maximum absolute atomic E-state index is 13.7. The number of benzene rings is 1. The molecule has 2 unspecified atom stereocenters. The normalized spacial score (nSPS) is 14.0. The van der Waals surface area contributed by atoms with Gasteiger partial charge in [0.25, 0.3) is 0 Å². The Morgan fingerprint density at radius 2 is 2.17 bits per heavy atom. The van der Waals surface area contributed by atoms with Gasteiger partial charge < -0.3 is 16.2 Å². The molecule has 0 fully saturated rings. The third kappa shape index (κ3) is 4.00. The molecule has 4 nitrogen and oxygen atoms in total. The highest BCUT2D eigenvalue weighted by Crippen LogP contribution is 2.25. The quantitative estimate of drug-likeness (QED) is 0.811. The first-order valence-corrected chi connectivity index (χ1v) is 5.81. The van der Waals surface area contributed by atoms with Crippen molar-refractivity contribution in [3.63, 3.8) is 0 Å². The van der Waals surface area contributed by atoms with Gasteiger partial charge in [0.1, 0.15) is 11.6 Å². The van der Waals surface area contributed by atoms with Crippen molar-refractivity contribution in [2.24, 2.45) is 17.4 Å². The minimum Gasteiger partial charge on any atom is -0.497 e. The van der Waals surface area contributed by atoms with Crippen LogP contribution in [-0.2, 0) is 4.79 Å². The number of hydrogen-bond donors (Lipinski definition) is 2. The summed E-state index contributed by atoms with van der Waals surface area (Å²) in [6.07, 6.45) is 0.762. The Morgan fingerprint density at radius 1 is 1.50 bits per heavy atom. The number of ether oxygens (including phenoxy) is 1. The third-order valence-corrected chi connectivity index (χ3v) is 2.81. The highest BCUT2D eigenvalue weighted by atomic mass is 19.1. The zero-order chi connectivity index (χ0) is 13.7. The highest BCUT2D eigenvalue weighted by Gasteiger charge is 2.16. The van der Waals surface area contributed by atoms with Gasteiger partial charge in [0, 0.05) is 24.1 Å². The lowest BCUT2D eigenvalue weighted by Gasteiger charge is -2.17. The number of nitrogens with two attached hydrogens (primary N) is 2. The van der Waals surface area contributed by atoms with Gasteiger partial charge in [-0.2, -0.15) is 0 Å². The maximum Gasteiger partial charge on any atom is 0.217 e. The van der Waals surface area contributed by atoms with Crippen molar-refractivity contribution in [3.05, 3.63) is 29.6 Å². The van der Waals surface area contributed by atoms with Gasteiger partial charge in [-0.3, -0.25) is 4.79 Å². The van der Waals surface area contributed by atoms with Gasteiger partial charge in [-0.1, -0.05) is 13.0 Å². The fourth-order valence-corrected chi connectivity index (χ4v) is 1.92. The Labute approximate surface area is 106 Å². The monoisotopic (exact) mass is 254 g/mol. The first-order chi connectivity index (χ1) is 8.43. The van der Waals surface area contributed by atoms with Crippen molar-refractivity contribution >= 4 is 5.91 Å². The molecule has 0 heterocycles. The Morgan fingerprint density at radius 3 is 2.67 bits per heavy atom. The fourth-order valence-electron chi connectivity index (χ4n) is 1.92. The molecule has 2 atom stereocenters. The first-order valence-electron chi connectivity index (χ1n) is 5.81. The number of hydrogen-bond acceptors (Lipinski definition) is 3. The molecule has 1 rings (SSSR count). The molecule has 4 N–H and O–H groups in total. The van der Waals surface area contributed by atoms with Crippen LogP contribution in [0.4, 0.5) is 4.39 Å². The minimum absolute atomic E-state index is 0.0269. The van der Waals surface area contributed by atoms with Gasteiger partial charge in [0.2, 0.25) is 5.91 Å². The zero-order valence-electron chi connectivity index (χ0n) is 10.7. The number of halogens is 1. The number of carbonyl (C=O) groups excluding carboxylic acids is 1. The SMILES string of the molecule is COc1ccc(C(N)CC(C)CC(N)=O)c(F)c1. The predicted molar refractivity (Wildman–Crippen MR) is 67.5 cm³/mol. The van der Waals surface area contributed by atoms with Crippen LogP contribution in [0.5, 0.6) is 5.75 Å². The lowest BCUT2D eigenvalue weighted by atomic mass is 9.94. The van der Waals surface area contributed by atoms with Crippen LogP contribution in [0.3, 0.4) is 0 Å². The van der Waals surface area contributed by atoms with Crippen molar-refractivity contribution in [1.82, 2.24) is 0 Å². The van der Waals surface area contributed by atoms with E-state index < -0.39 is 11.9 Å². The molecule has 0 bridgehead atoms. The summed E-state index contributed by atoms with van der Waals surface area (Å²) >= 11 is 0. The molecule has 1 aromatic carbocycles. The van der Waals surface area contributed by atoms with Crippen LogP contribution in [-0.4, -0.2) is 13.0 Å². The summed E-state index contributed by atoms with van der Waals surface area (Å²) in [6.45, 7) is 1.87. The number of carbonyl (C=O) groups is 1. The largest absolute Gasteiger partial charge is 0.497 e. The number of methoxy groups -OCH3 is 1. The molecule has 5 heteroatoms. The van der Waals surface area contributed by atoms with Crippen LogP contribution >= 0.6 is 0 Å². The average Bonchev–Trinajstić information content (AvgIpc) is 2.27. The summed E-state index contributed by atoms with van der Waals surface area (Å²) < 4.78 is 18.7. The molecule has 100 valence electrons. The average molecular weight is 254 g/mol. The zero-order valence-corrected chi connectivity index (χ0v) is 10.7. The van der Waals surface area contributed by atoms with Gasteiger partial charge >= 0.3 is 0 Å². The smallest absolute Gasteiger partial charge is 0.217 e. The summed E-state index contributed by atoms with van der Waals surface area (Å²) in [5, 5.41) is 0. The van der Waals surface area contributed by atoms with Crippen LogP contribution in [0.25, 0.3) is 0 Å². The second kappa shape index (κ2) is 6.35. The van der Waals surface area contributed by atoms with Crippen LogP contribution < -0.4 is 16.2 Å². The standard InChI is InChI=1S/C13H19FN2O2/c1-8(6-13(16)17)5-12(15)10-4-3-9(18-2)7-11(10)14/h3-4,7-8,12H,5-6,15H2,1-2H3,(H2,16,17). The maximum atomic E-state index is 13.7. The molecule has 1 amide bonds. The summed E-state index contributed by atoms with van der Waals surface area (Å²) in [7, 11) is 1.48. The summed E-state index contributed by atoms with van der Waals surface area (Å²) in [5.74, 6) is -0.286. The molecule has 0 aromatic heterocycles. The van der Waals surface area contributed by atoms with E-state index >= 15 is 0 Å². The summed E-state index contributed by atoms with van der Waals surface area (Å²) in [6, 6.07) is 4.12. The molecular weight excluding hydrogens is 235 g/mol. The predicted octanol–water partition coefficient (Wildman–Crippen LogP) is 1.74. The Balaban J connectivity index is 2.72. The Kier molecular flexibility index (Phi) is 5.09. The van der Waals surface area contributed by atoms with E-state index in [0.717, 1.165) is 0 Å². The number of amides is 1. The van der Waals surface area contributed by atoms with E-state index in [4.69, 9.17) is 16.2 Å². The van der Waals surface area contributed by atoms with Crippen molar-refractivity contribution in [2.75, 3.05) is 7.11 Å². The van der Waals surface area contributed by atoms with E-state index in [1.165, 1.54) is 13.2 Å². The first kappa shape index (κ1) is 14.4. The molecular formula is C13H19FN2O2. The van der Waals surface area contributed by atoms with E-state index in [9.17, 15) is 9.18 Å². The molecule has 0 aliphatic carbocycles. The fraction of sp³-hybridized carbons (Fsp3) is 0.462. The van der Waals surface area contributed by atoms with E-state index in [1.807, 2.05) is 6.92 Å². The summed E-state index contributed by atoms with van der Waals surface area (Å²) in [5.41, 5.74) is 11.5. The lowest BCUT2D eigenvalue weighted by Crippen LogP contribution is -2.20. The van der Waals surface area contributed by atoms with E-state index in [2.05, 4.69) is 0 Å². The van der Waals surface area contributed by atoms with Gasteiger partial charge in [0.05, 0.1) is 7.11 Å². The number of rotatable bonds is 6. The summed E-state index contributed by atoms with van der Waals surface area (Å²) in [4.78, 5) is 10.8. The van der Waals surface area contributed by atoms with E-state index in [-0.39, 0.29) is 18.2 Å². The Hall–Kier alpha value is -1.62. The topological polar surface area (TPSA) is 78.3 Å². The van der Waals surface area contributed by atoms with Crippen molar-refractivity contribution in [1.29, 1.82) is 0 Å². The second-order valence-electron chi connectivity index (χ2n) is 4.51. The van der Waals surface area contributed by atoms with Crippen molar-refractivity contribution in [3.8, 4) is 5.75 Å². The molecule has 0 saturated heterocycles. The highest BCUT2D eigenvalue weighted by molar-refractivity contribution is 5.73. The van der Waals surface area contributed by atoms with Crippen molar-refractivity contribution < 1.29 is 13.9 Å². The van der Waals surface area contributed by atoms with E-state index in [1.54, 1.807) is 12.1 Å². The van der Waals surface area contributed by atoms with Gasteiger partial charge in [-0.15, -0.1) is 0 Å². The Bertz CT molecular complexity index is 423. The molecule has 0 radical (unpaired) electrons. The van der Waals surface area contributed by atoms with Crippen LogP contribution in [0.2, 0.25) is 0 Å². The molecule has 0 saturated carbocycles. The lowest BCUT2D eigenvalue weighted by molar-refractivity contribution is -0.118. The molecule has 18 heavy (non-hydrogen) atoms. The minimum atomic E-state index is -0.453. The molecule has 0 aliphatic rings. The molecule has 1 aromatic rings. The molecule has 0 spiro atoms. The van der Waals surface area contributed by atoms with Gasteiger partial charge in [0.15, 0.2) is 0 Å². The van der Waals surface area contributed by atoms with Gasteiger partial charge in [-0.05, 0) is 18.4 Å².